The summed E-state index contributed by atoms with van der Waals surface area (Å²) in [5, 5.41) is 2.76. The fourth-order valence-electron chi connectivity index (χ4n) is 2.48. The van der Waals surface area contributed by atoms with E-state index in [0.29, 0.717) is 5.75 Å². The van der Waals surface area contributed by atoms with Crippen LogP contribution in [0.2, 0.25) is 0 Å². The van der Waals surface area contributed by atoms with Crippen molar-refractivity contribution in [3.05, 3.63) is 59.9 Å². The summed E-state index contributed by atoms with van der Waals surface area (Å²) in [5.74, 6) is 0.0769. The van der Waals surface area contributed by atoms with Gasteiger partial charge in [-0.15, -0.1) is 0 Å². The number of benzene rings is 1. The number of aromatic nitrogens is 1. The van der Waals surface area contributed by atoms with E-state index < -0.39 is 23.0 Å². The average Bonchev–Trinajstić information content (AvgIpc) is 2.71. The van der Waals surface area contributed by atoms with Crippen LogP contribution in [0.5, 0.6) is 5.75 Å². The van der Waals surface area contributed by atoms with Gasteiger partial charge in [-0.3, -0.25) is 9.78 Å². The molecule has 0 aliphatic heterocycles. The van der Waals surface area contributed by atoms with Crippen molar-refractivity contribution in [2.24, 2.45) is 5.73 Å². The average molecular weight is 432 g/mol. The van der Waals surface area contributed by atoms with Crippen LogP contribution in [0.3, 0.4) is 0 Å². The van der Waals surface area contributed by atoms with Crippen molar-refractivity contribution < 1.29 is 19.1 Å². The molecule has 0 radical (unpaired) electrons. The fraction of sp³-hybridized carbons (Fsp3) is 0.409. The van der Waals surface area contributed by atoms with Gasteiger partial charge in [-0.2, -0.15) is 11.8 Å². The number of nitrogens with one attached hydrogen (secondary N) is 1. The lowest BCUT2D eigenvalue weighted by Gasteiger charge is -2.30. The smallest absolute Gasteiger partial charge is 0.337 e. The molecule has 0 saturated carbocycles. The minimum Gasteiger partial charge on any atom is -0.497 e. The summed E-state index contributed by atoms with van der Waals surface area (Å²) in [6.07, 6.45) is 3.39. The van der Waals surface area contributed by atoms with Gasteiger partial charge >= 0.3 is 5.97 Å². The predicted molar refractivity (Wildman–Crippen MR) is 118 cm³/mol. The molecule has 0 saturated heterocycles. The molecular weight excluding hydrogens is 402 g/mol. The minimum absolute atomic E-state index is 0.0820. The van der Waals surface area contributed by atoms with Crippen LogP contribution in [0.4, 0.5) is 0 Å². The van der Waals surface area contributed by atoms with E-state index in [1.807, 2.05) is 24.3 Å². The Labute approximate surface area is 181 Å². The summed E-state index contributed by atoms with van der Waals surface area (Å²) in [7, 11) is 1.59. The zero-order chi connectivity index (χ0) is 22.2. The fourth-order valence-corrected chi connectivity index (χ4v) is 3.58. The van der Waals surface area contributed by atoms with E-state index in [1.165, 1.54) is 11.8 Å². The molecule has 0 bridgehead atoms. The Hall–Kier alpha value is -2.58. The molecule has 30 heavy (non-hydrogen) atoms. The molecule has 0 spiro atoms. The van der Waals surface area contributed by atoms with Crippen LogP contribution in [-0.4, -0.2) is 40.9 Å². The molecular formula is C22H29N3O4S. The molecule has 8 heteroatoms. The molecule has 2 aromatic rings. The zero-order valence-corrected chi connectivity index (χ0v) is 18.6. The Bertz CT molecular complexity index is 838. The Morgan fingerprint density at radius 1 is 1.07 bits per heavy atom. The van der Waals surface area contributed by atoms with E-state index in [9.17, 15) is 9.59 Å². The van der Waals surface area contributed by atoms with E-state index in [2.05, 4.69) is 10.3 Å². The maximum Gasteiger partial charge on any atom is 0.337 e. The maximum atomic E-state index is 12.9. The summed E-state index contributed by atoms with van der Waals surface area (Å²) in [5.41, 5.74) is 5.65. The van der Waals surface area contributed by atoms with Gasteiger partial charge in [0.05, 0.1) is 7.11 Å². The highest BCUT2D eigenvalue weighted by molar-refractivity contribution is 7.98. The number of rotatable bonds is 9. The number of methoxy groups -OCH3 is 1. The number of esters is 1. The molecule has 1 amide bonds. The first-order valence-corrected chi connectivity index (χ1v) is 10.7. The molecule has 0 aliphatic carbocycles. The van der Waals surface area contributed by atoms with Gasteiger partial charge in [-0.1, -0.05) is 12.1 Å². The van der Waals surface area contributed by atoms with Crippen LogP contribution in [0, 0.1) is 0 Å². The van der Waals surface area contributed by atoms with Gasteiger partial charge in [0.2, 0.25) is 5.54 Å². The Balaban J connectivity index is 2.07. The van der Waals surface area contributed by atoms with Gasteiger partial charge in [-0.25, -0.2) is 4.79 Å². The van der Waals surface area contributed by atoms with Gasteiger partial charge in [0.1, 0.15) is 11.4 Å². The number of ether oxygens (including phenoxy) is 2. The van der Waals surface area contributed by atoms with Crippen molar-refractivity contribution >= 4 is 23.6 Å². The van der Waals surface area contributed by atoms with Crippen molar-refractivity contribution in [3.8, 4) is 5.75 Å². The molecule has 0 unspecified atom stereocenters. The Kier molecular flexibility index (Phi) is 8.25. The lowest BCUT2D eigenvalue weighted by molar-refractivity contribution is -0.163. The van der Waals surface area contributed by atoms with Gasteiger partial charge in [0.15, 0.2) is 0 Å². The number of carbonyl (C=O) groups excluding carboxylic acids is 2. The number of carbonyl (C=O) groups is 2. The molecule has 7 nitrogen and oxygen atoms in total. The first-order valence-electron chi connectivity index (χ1n) is 9.54. The standard InChI is InChI=1S/C22H29N3O4S/c1-21(2,3)29-20(27)22(23,15-30-14-17-9-11-24-12-10-17)19(26)25-13-16-5-7-18(28-4)8-6-16/h5-12H,13-15,23H2,1-4H3,(H,25,26)/t22-/m1/s1. The molecule has 1 atom stereocenters. The quantitative estimate of drug-likeness (QED) is 0.465. The number of nitrogens with zero attached hydrogens (tertiary/aromatic N) is 1. The lowest BCUT2D eigenvalue weighted by Crippen LogP contribution is -2.62. The molecule has 162 valence electrons. The molecule has 1 aromatic heterocycles. The number of amides is 1. The van der Waals surface area contributed by atoms with Crippen molar-refractivity contribution in [2.45, 2.75) is 44.2 Å². The van der Waals surface area contributed by atoms with E-state index >= 15 is 0 Å². The lowest BCUT2D eigenvalue weighted by atomic mass is 10.0. The zero-order valence-electron chi connectivity index (χ0n) is 17.8. The molecule has 2 rings (SSSR count). The summed E-state index contributed by atoms with van der Waals surface area (Å²) < 4.78 is 10.6. The molecule has 0 fully saturated rings. The van der Waals surface area contributed by atoms with E-state index in [-0.39, 0.29) is 12.3 Å². The van der Waals surface area contributed by atoms with E-state index in [4.69, 9.17) is 15.2 Å². The third kappa shape index (κ3) is 7.03. The van der Waals surface area contributed by atoms with Gasteiger partial charge in [0, 0.05) is 30.4 Å². The predicted octanol–water partition coefficient (Wildman–Crippen LogP) is 2.68. The second kappa shape index (κ2) is 10.4. The van der Waals surface area contributed by atoms with Crippen LogP contribution < -0.4 is 15.8 Å². The second-order valence-corrected chi connectivity index (χ2v) is 8.84. The van der Waals surface area contributed by atoms with Crippen LogP contribution in [0.15, 0.2) is 48.8 Å². The van der Waals surface area contributed by atoms with Gasteiger partial charge < -0.3 is 20.5 Å². The second-order valence-electron chi connectivity index (χ2n) is 7.85. The van der Waals surface area contributed by atoms with Crippen molar-refractivity contribution in [2.75, 3.05) is 12.9 Å². The minimum atomic E-state index is -1.81. The summed E-state index contributed by atoms with van der Waals surface area (Å²) >= 11 is 1.39. The molecule has 3 N–H and O–H groups in total. The van der Waals surface area contributed by atoms with Crippen LogP contribution in [0.25, 0.3) is 0 Å². The number of nitrogens with two attached hydrogens (primary N) is 1. The molecule has 1 aromatic carbocycles. The topological polar surface area (TPSA) is 104 Å². The summed E-state index contributed by atoms with van der Waals surface area (Å²) in [4.78, 5) is 29.7. The first-order chi connectivity index (χ1) is 14.1. The molecule has 0 aliphatic rings. The largest absolute Gasteiger partial charge is 0.497 e. The summed E-state index contributed by atoms with van der Waals surface area (Å²) in [6, 6.07) is 11.0. The van der Waals surface area contributed by atoms with Gasteiger partial charge in [-0.05, 0) is 56.2 Å². The third-order valence-electron chi connectivity index (χ3n) is 4.13. The normalized spacial score (nSPS) is 13.2. The number of hydrogen-bond acceptors (Lipinski definition) is 7. The van der Waals surface area contributed by atoms with Crippen molar-refractivity contribution in [1.82, 2.24) is 10.3 Å². The highest BCUT2D eigenvalue weighted by atomic mass is 32.2. The monoisotopic (exact) mass is 431 g/mol. The number of thioether (sulfide) groups is 1. The maximum absolute atomic E-state index is 12.9. The SMILES string of the molecule is COc1ccc(CNC(=O)[C@](N)(CSCc2ccncc2)C(=O)OC(C)(C)C)cc1. The Morgan fingerprint density at radius 3 is 2.27 bits per heavy atom. The first kappa shape index (κ1) is 23.7. The highest BCUT2D eigenvalue weighted by Crippen LogP contribution is 2.21. The van der Waals surface area contributed by atoms with E-state index in [1.54, 1.807) is 52.4 Å². The van der Waals surface area contributed by atoms with Crippen molar-refractivity contribution in [3.63, 3.8) is 0 Å². The Morgan fingerprint density at radius 2 is 1.70 bits per heavy atom. The van der Waals surface area contributed by atoms with E-state index in [0.717, 1.165) is 16.9 Å². The van der Waals surface area contributed by atoms with Crippen LogP contribution in [-0.2, 0) is 26.6 Å². The van der Waals surface area contributed by atoms with Crippen LogP contribution in [0.1, 0.15) is 31.9 Å². The third-order valence-corrected chi connectivity index (χ3v) is 5.33. The van der Waals surface area contributed by atoms with Gasteiger partial charge in [0.25, 0.3) is 5.91 Å². The summed E-state index contributed by atoms with van der Waals surface area (Å²) in [6.45, 7) is 5.46. The molecule has 1 heterocycles. The number of hydrogen-bond donors (Lipinski definition) is 2. The number of pyridine rings is 1. The van der Waals surface area contributed by atoms with Crippen molar-refractivity contribution in [1.29, 1.82) is 0 Å². The highest BCUT2D eigenvalue weighted by Gasteiger charge is 2.45. The van der Waals surface area contributed by atoms with Crippen LogP contribution >= 0.6 is 11.8 Å².